The first-order valence-corrected chi connectivity index (χ1v) is 5.81. The van der Waals surface area contributed by atoms with Gasteiger partial charge in [-0.05, 0) is 19.8 Å². The number of carbonyl (C=O) groups excluding carboxylic acids is 1. The largest absolute Gasteiger partial charge is 0.409 e. The Morgan fingerprint density at radius 2 is 2.28 bits per heavy atom. The maximum Gasteiger partial charge on any atom is 0.290 e. The van der Waals surface area contributed by atoms with E-state index in [0.29, 0.717) is 18.5 Å². The van der Waals surface area contributed by atoms with Crippen molar-refractivity contribution in [2.24, 2.45) is 10.9 Å². The van der Waals surface area contributed by atoms with Crippen LogP contribution in [0.4, 0.5) is 0 Å². The van der Waals surface area contributed by atoms with Crippen LogP contribution in [-0.2, 0) is 0 Å². The van der Waals surface area contributed by atoms with Gasteiger partial charge in [0.2, 0.25) is 5.76 Å². The van der Waals surface area contributed by atoms with Gasteiger partial charge in [-0.25, -0.2) is 0 Å². The second-order valence-corrected chi connectivity index (χ2v) is 4.56. The van der Waals surface area contributed by atoms with E-state index in [4.69, 9.17) is 15.5 Å². The number of carbonyl (C=O) groups is 1. The van der Waals surface area contributed by atoms with Gasteiger partial charge >= 0.3 is 0 Å². The highest BCUT2D eigenvalue weighted by molar-refractivity contribution is 5.98. The number of oxime groups is 1. The van der Waals surface area contributed by atoms with Crippen molar-refractivity contribution >= 4 is 11.7 Å². The molecule has 7 nitrogen and oxygen atoms in total. The van der Waals surface area contributed by atoms with Gasteiger partial charge in [0, 0.05) is 6.07 Å². The van der Waals surface area contributed by atoms with E-state index in [0.717, 1.165) is 12.8 Å². The molecule has 1 aromatic rings. The Kier molecular flexibility index (Phi) is 3.22. The molecule has 0 unspecified atom stereocenters. The summed E-state index contributed by atoms with van der Waals surface area (Å²) >= 11 is 0. The third-order valence-electron chi connectivity index (χ3n) is 3.26. The first kappa shape index (κ1) is 12.4. The molecule has 1 heterocycles. The fourth-order valence-electron chi connectivity index (χ4n) is 2.27. The van der Waals surface area contributed by atoms with Crippen molar-refractivity contribution < 1.29 is 14.5 Å². The summed E-state index contributed by atoms with van der Waals surface area (Å²) in [6.07, 6.45) is 3.15. The SMILES string of the molecule is Cc1cc(C(=O)NC2(C(N)=NO)CCCC2)on1. The maximum atomic E-state index is 12.0. The zero-order valence-corrected chi connectivity index (χ0v) is 10.1. The molecule has 1 aliphatic carbocycles. The van der Waals surface area contributed by atoms with Crippen LogP contribution >= 0.6 is 0 Å². The predicted octanol–water partition coefficient (Wildman–Crippen LogP) is 0.772. The number of hydrogen-bond acceptors (Lipinski definition) is 5. The van der Waals surface area contributed by atoms with Crippen molar-refractivity contribution in [3.63, 3.8) is 0 Å². The minimum atomic E-state index is -0.771. The molecule has 0 spiro atoms. The van der Waals surface area contributed by atoms with Crippen LogP contribution in [0.15, 0.2) is 15.7 Å². The van der Waals surface area contributed by atoms with E-state index in [1.165, 1.54) is 0 Å². The van der Waals surface area contributed by atoms with Crippen molar-refractivity contribution in [1.82, 2.24) is 10.5 Å². The molecule has 1 saturated carbocycles. The molecule has 1 aliphatic rings. The van der Waals surface area contributed by atoms with Crippen LogP contribution in [0.5, 0.6) is 0 Å². The average Bonchev–Trinajstić information content (AvgIpc) is 2.98. The Morgan fingerprint density at radius 3 is 2.78 bits per heavy atom. The molecule has 0 atom stereocenters. The lowest BCUT2D eigenvalue weighted by Crippen LogP contribution is -2.55. The number of hydrogen-bond donors (Lipinski definition) is 3. The minimum absolute atomic E-state index is 0.0320. The summed E-state index contributed by atoms with van der Waals surface area (Å²) in [6.45, 7) is 1.73. The lowest BCUT2D eigenvalue weighted by Gasteiger charge is -2.28. The van der Waals surface area contributed by atoms with Crippen LogP contribution < -0.4 is 11.1 Å². The molecule has 1 amide bonds. The molecule has 1 aromatic heterocycles. The number of amidine groups is 1. The molecular formula is C11H16N4O3. The van der Waals surface area contributed by atoms with Crippen LogP contribution in [-0.4, -0.2) is 27.6 Å². The lowest BCUT2D eigenvalue weighted by atomic mass is 9.96. The summed E-state index contributed by atoms with van der Waals surface area (Å²) in [5.41, 5.74) is 5.54. The van der Waals surface area contributed by atoms with Crippen molar-refractivity contribution in [3.05, 3.63) is 17.5 Å². The number of rotatable bonds is 3. The number of nitrogens with zero attached hydrogens (tertiary/aromatic N) is 2. The number of nitrogens with one attached hydrogen (secondary N) is 1. The minimum Gasteiger partial charge on any atom is -0.409 e. The monoisotopic (exact) mass is 252 g/mol. The molecule has 7 heteroatoms. The van der Waals surface area contributed by atoms with Crippen LogP contribution in [0.2, 0.25) is 0 Å². The molecule has 4 N–H and O–H groups in total. The maximum absolute atomic E-state index is 12.0. The summed E-state index contributed by atoms with van der Waals surface area (Å²) in [5.74, 6) is -0.238. The smallest absolute Gasteiger partial charge is 0.290 e. The van der Waals surface area contributed by atoms with E-state index in [9.17, 15) is 4.79 Å². The Bertz CT molecular complexity index is 474. The zero-order valence-electron chi connectivity index (χ0n) is 10.1. The fourth-order valence-corrected chi connectivity index (χ4v) is 2.27. The second kappa shape index (κ2) is 4.67. The van der Waals surface area contributed by atoms with E-state index in [1.54, 1.807) is 13.0 Å². The summed E-state index contributed by atoms with van der Waals surface area (Å²) in [5, 5.41) is 18.3. The van der Waals surface area contributed by atoms with Gasteiger partial charge in [0.1, 0.15) is 5.54 Å². The van der Waals surface area contributed by atoms with E-state index >= 15 is 0 Å². The molecular weight excluding hydrogens is 236 g/mol. The lowest BCUT2D eigenvalue weighted by molar-refractivity contribution is 0.0885. The average molecular weight is 252 g/mol. The number of amides is 1. The summed E-state index contributed by atoms with van der Waals surface area (Å²) in [6, 6.07) is 1.55. The molecule has 0 bridgehead atoms. The molecule has 98 valence electrons. The molecule has 18 heavy (non-hydrogen) atoms. The van der Waals surface area contributed by atoms with Gasteiger partial charge in [-0.1, -0.05) is 23.2 Å². The van der Waals surface area contributed by atoms with Gasteiger partial charge < -0.3 is 20.8 Å². The Labute approximate surface area is 104 Å². The number of aromatic nitrogens is 1. The van der Waals surface area contributed by atoms with Gasteiger partial charge in [0.15, 0.2) is 5.84 Å². The van der Waals surface area contributed by atoms with Gasteiger partial charge in [-0.3, -0.25) is 4.79 Å². The Hall–Kier alpha value is -2.05. The van der Waals surface area contributed by atoms with E-state index < -0.39 is 11.4 Å². The molecule has 2 rings (SSSR count). The van der Waals surface area contributed by atoms with E-state index in [2.05, 4.69) is 15.6 Å². The highest BCUT2D eigenvalue weighted by Gasteiger charge is 2.40. The molecule has 0 aromatic carbocycles. The van der Waals surface area contributed by atoms with Gasteiger partial charge in [-0.2, -0.15) is 0 Å². The molecule has 1 fully saturated rings. The zero-order chi connectivity index (χ0) is 13.2. The van der Waals surface area contributed by atoms with Crippen LogP contribution in [0, 0.1) is 6.92 Å². The van der Waals surface area contributed by atoms with E-state index in [1.807, 2.05) is 0 Å². The molecule has 0 radical (unpaired) electrons. The van der Waals surface area contributed by atoms with Gasteiger partial charge in [0.25, 0.3) is 5.91 Å². The molecule has 0 saturated heterocycles. The standard InChI is InChI=1S/C11H16N4O3/c1-7-6-8(18-15-7)9(16)13-11(10(12)14-17)4-2-3-5-11/h6,17H,2-5H2,1H3,(H2,12,14)(H,13,16). The van der Waals surface area contributed by atoms with Gasteiger partial charge in [-0.15, -0.1) is 0 Å². The Morgan fingerprint density at radius 1 is 1.61 bits per heavy atom. The topological polar surface area (TPSA) is 114 Å². The summed E-state index contributed by atoms with van der Waals surface area (Å²) < 4.78 is 4.89. The van der Waals surface area contributed by atoms with Crippen molar-refractivity contribution in [1.29, 1.82) is 0 Å². The van der Waals surface area contributed by atoms with Crippen molar-refractivity contribution in [2.75, 3.05) is 0 Å². The van der Waals surface area contributed by atoms with Crippen LogP contribution in [0.1, 0.15) is 41.9 Å². The number of nitrogens with two attached hydrogens (primary N) is 1. The Balaban J connectivity index is 2.17. The fraction of sp³-hybridized carbons (Fsp3) is 0.545. The first-order valence-electron chi connectivity index (χ1n) is 5.81. The highest BCUT2D eigenvalue weighted by atomic mass is 16.5. The van der Waals surface area contributed by atoms with Crippen LogP contribution in [0.3, 0.4) is 0 Å². The summed E-state index contributed by atoms with van der Waals surface area (Å²) in [7, 11) is 0. The highest BCUT2D eigenvalue weighted by Crippen LogP contribution is 2.30. The van der Waals surface area contributed by atoms with E-state index in [-0.39, 0.29) is 11.6 Å². The quantitative estimate of drug-likeness (QED) is 0.318. The third kappa shape index (κ3) is 2.15. The van der Waals surface area contributed by atoms with Crippen LogP contribution in [0.25, 0.3) is 0 Å². The first-order chi connectivity index (χ1) is 8.57. The van der Waals surface area contributed by atoms with Crippen molar-refractivity contribution in [3.8, 4) is 0 Å². The predicted molar refractivity (Wildman–Crippen MR) is 63.3 cm³/mol. The normalized spacial score (nSPS) is 18.8. The molecule has 0 aliphatic heterocycles. The third-order valence-corrected chi connectivity index (χ3v) is 3.26. The van der Waals surface area contributed by atoms with Crippen molar-refractivity contribution in [2.45, 2.75) is 38.1 Å². The second-order valence-electron chi connectivity index (χ2n) is 4.56. The summed E-state index contributed by atoms with van der Waals surface area (Å²) in [4.78, 5) is 12.0. The number of aryl methyl sites for hydroxylation is 1. The van der Waals surface area contributed by atoms with Gasteiger partial charge in [0.05, 0.1) is 5.69 Å².